The third kappa shape index (κ3) is 2.53. The van der Waals surface area contributed by atoms with E-state index in [1.54, 1.807) is 24.5 Å². The molecular formula is C12H12FN3. The molecule has 0 aliphatic heterocycles. The maximum Gasteiger partial charge on any atom is 0.123 e. The largest absolute Gasteiger partial charge is 0.376 e. The summed E-state index contributed by atoms with van der Waals surface area (Å²) in [4.78, 5) is 7.82. The van der Waals surface area contributed by atoms with Gasteiger partial charge in [-0.3, -0.25) is 0 Å². The fourth-order valence-corrected chi connectivity index (χ4v) is 1.46. The van der Waals surface area contributed by atoms with Crippen LogP contribution in [0.4, 0.5) is 10.1 Å². The van der Waals surface area contributed by atoms with Gasteiger partial charge in [-0.25, -0.2) is 14.4 Å². The van der Waals surface area contributed by atoms with Crippen molar-refractivity contribution < 1.29 is 4.39 Å². The van der Waals surface area contributed by atoms with Crippen molar-refractivity contribution in [1.29, 1.82) is 0 Å². The molecule has 1 atom stereocenters. The number of hydrogen-bond donors (Lipinski definition) is 1. The van der Waals surface area contributed by atoms with E-state index in [1.807, 2.05) is 6.92 Å². The summed E-state index contributed by atoms with van der Waals surface area (Å²) >= 11 is 0. The molecule has 82 valence electrons. The lowest BCUT2D eigenvalue weighted by Crippen LogP contribution is -2.06. The van der Waals surface area contributed by atoms with Crippen LogP contribution < -0.4 is 5.32 Å². The number of hydrogen-bond acceptors (Lipinski definition) is 3. The minimum Gasteiger partial charge on any atom is -0.376 e. The van der Waals surface area contributed by atoms with E-state index in [1.165, 1.54) is 18.5 Å². The van der Waals surface area contributed by atoms with Crippen LogP contribution in [0.3, 0.4) is 0 Å². The Kier molecular flexibility index (Phi) is 3.10. The Morgan fingerprint density at radius 3 is 2.38 bits per heavy atom. The van der Waals surface area contributed by atoms with Crippen molar-refractivity contribution in [3.8, 4) is 0 Å². The predicted molar refractivity (Wildman–Crippen MR) is 60.5 cm³/mol. The lowest BCUT2D eigenvalue weighted by atomic mass is 10.1. The number of rotatable bonds is 3. The average molecular weight is 217 g/mol. The molecule has 4 heteroatoms. The Morgan fingerprint density at radius 2 is 1.75 bits per heavy atom. The molecule has 1 N–H and O–H groups in total. The SMILES string of the molecule is CC(Nc1cncnc1)c1ccc(F)cc1. The molecule has 1 unspecified atom stereocenters. The zero-order valence-corrected chi connectivity index (χ0v) is 8.89. The molecule has 16 heavy (non-hydrogen) atoms. The molecule has 2 aromatic rings. The molecule has 0 aliphatic carbocycles. The van der Waals surface area contributed by atoms with Crippen LogP contribution in [-0.4, -0.2) is 9.97 Å². The summed E-state index contributed by atoms with van der Waals surface area (Å²) in [6, 6.07) is 6.52. The second kappa shape index (κ2) is 4.70. The van der Waals surface area contributed by atoms with Crippen molar-refractivity contribution in [2.24, 2.45) is 0 Å². The zero-order valence-electron chi connectivity index (χ0n) is 8.89. The van der Waals surface area contributed by atoms with E-state index in [0.29, 0.717) is 0 Å². The van der Waals surface area contributed by atoms with Gasteiger partial charge in [0.25, 0.3) is 0 Å². The maximum atomic E-state index is 12.7. The van der Waals surface area contributed by atoms with Crippen molar-refractivity contribution in [1.82, 2.24) is 9.97 Å². The van der Waals surface area contributed by atoms with Gasteiger partial charge in [-0.1, -0.05) is 12.1 Å². The Balaban J connectivity index is 2.09. The quantitative estimate of drug-likeness (QED) is 0.859. The van der Waals surface area contributed by atoms with E-state index in [2.05, 4.69) is 15.3 Å². The molecule has 1 aromatic heterocycles. The molecule has 0 fully saturated rings. The fourth-order valence-electron chi connectivity index (χ4n) is 1.46. The first-order valence-electron chi connectivity index (χ1n) is 5.03. The molecule has 0 spiro atoms. The summed E-state index contributed by atoms with van der Waals surface area (Å²) in [6.45, 7) is 2.00. The van der Waals surface area contributed by atoms with E-state index in [-0.39, 0.29) is 11.9 Å². The van der Waals surface area contributed by atoms with Gasteiger partial charge in [0.1, 0.15) is 12.1 Å². The van der Waals surface area contributed by atoms with E-state index >= 15 is 0 Å². The van der Waals surface area contributed by atoms with Crippen molar-refractivity contribution in [2.75, 3.05) is 5.32 Å². The van der Waals surface area contributed by atoms with Gasteiger partial charge in [-0.15, -0.1) is 0 Å². The number of benzene rings is 1. The first-order valence-corrected chi connectivity index (χ1v) is 5.03. The van der Waals surface area contributed by atoms with Crippen LogP contribution in [0.25, 0.3) is 0 Å². The molecule has 0 bridgehead atoms. The Bertz CT molecular complexity index is 442. The fraction of sp³-hybridized carbons (Fsp3) is 0.167. The van der Waals surface area contributed by atoms with Gasteiger partial charge in [0.2, 0.25) is 0 Å². The molecule has 0 saturated heterocycles. The smallest absolute Gasteiger partial charge is 0.123 e. The molecular weight excluding hydrogens is 205 g/mol. The first-order chi connectivity index (χ1) is 7.75. The Labute approximate surface area is 93.4 Å². The van der Waals surface area contributed by atoms with Gasteiger partial charge in [-0.2, -0.15) is 0 Å². The minimum absolute atomic E-state index is 0.0894. The van der Waals surface area contributed by atoms with Crippen molar-refractivity contribution in [3.05, 3.63) is 54.4 Å². The topological polar surface area (TPSA) is 37.8 Å². The highest BCUT2D eigenvalue weighted by atomic mass is 19.1. The van der Waals surface area contributed by atoms with Crippen molar-refractivity contribution in [2.45, 2.75) is 13.0 Å². The second-order valence-corrected chi connectivity index (χ2v) is 3.54. The van der Waals surface area contributed by atoms with Crippen LogP contribution in [0.15, 0.2) is 43.0 Å². The van der Waals surface area contributed by atoms with Gasteiger partial charge >= 0.3 is 0 Å². The molecule has 1 heterocycles. The van der Waals surface area contributed by atoms with Crippen LogP contribution in [0, 0.1) is 5.82 Å². The zero-order chi connectivity index (χ0) is 11.4. The molecule has 0 radical (unpaired) electrons. The number of anilines is 1. The molecule has 3 nitrogen and oxygen atoms in total. The summed E-state index contributed by atoms with van der Waals surface area (Å²) in [5.41, 5.74) is 1.87. The lowest BCUT2D eigenvalue weighted by molar-refractivity contribution is 0.626. The van der Waals surface area contributed by atoms with E-state index in [0.717, 1.165) is 11.3 Å². The van der Waals surface area contributed by atoms with Crippen LogP contribution in [-0.2, 0) is 0 Å². The third-order valence-corrected chi connectivity index (χ3v) is 2.31. The predicted octanol–water partition coefficient (Wildman–Crippen LogP) is 2.79. The van der Waals surface area contributed by atoms with Gasteiger partial charge in [0, 0.05) is 6.04 Å². The Morgan fingerprint density at radius 1 is 1.12 bits per heavy atom. The van der Waals surface area contributed by atoms with Gasteiger partial charge in [0.05, 0.1) is 18.1 Å². The second-order valence-electron chi connectivity index (χ2n) is 3.54. The molecule has 0 amide bonds. The molecule has 0 aliphatic rings. The summed E-state index contributed by atoms with van der Waals surface area (Å²) in [5.74, 6) is -0.223. The third-order valence-electron chi connectivity index (χ3n) is 2.31. The van der Waals surface area contributed by atoms with Gasteiger partial charge < -0.3 is 5.32 Å². The summed E-state index contributed by atoms with van der Waals surface area (Å²) in [5, 5.41) is 3.23. The van der Waals surface area contributed by atoms with Crippen LogP contribution >= 0.6 is 0 Å². The average Bonchev–Trinajstić information content (AvgIpc) is 2.31. The number of nitrogens with one attached hydrogen (secondary N) is 1. The summed E-state index contributed by atoms with van der Waals surface area (Å²) in [7, 11) is 0. The summed E-state index contributed by atoms with van der Waals surface area (Å²) < 4.78 is 12.7. The highest BCUT2D eigenvalue weighted by molar-refractivity contribution is 5.40. The van der Waals surface area contributed by atoms with E-state index < -0.39 is 0 Å². The molecule has 1 aromatic carbocycles. The van der Waals surface area contributed by atoms with Gasteiger partial charge in [0.15, 0.2) is 0 Å². The van der Waals surface area contributed by atoms with Crippen LogP contribution in [0.1, 0.15) is 18.5 Å². The van der Waals surface area contributed by atoms with Gasteiger partial charge in [-0.05, 0) is 24.6 Å². The van der Waals surface area contributed by atoms with E-state index in [9.17, 15) is 4.39 Å². The van der Waals surface area contributed by atoms with Crippen molar-refractivity contribution in [3.63, 3.8) is 0 Å². The van der Waals surface area contributed by atoms with Crippen LogP contribution in [0.5, 0.6) is 0 Å². The minimum atomic E-state index is -0.223. The number of nitrogens with zero attached hydrogens (tertiary/aromatic N) is 2. The first kappa shape index (κ1) is 10.5. The lowest BCUT2D eigenvalue weighted by Gasteiger charge is -2.14. The summed E-state index contributed by atoms with van der Waals surface area (Å²) in [6.07, 6.45) is 4.88. The number of halogens is 1. The normalized spacial score (nSPS) is 12.1. The Hall–Kier alpha value is -1.97. The monoisotopic (exact) mass is 217 g/mol. The molecule has 2 rings (SSSR count). The number of aromatic nitrogens is 2. The molecule has 0 saturated carbocycles. The van der Waals surface area contributed by atoms with Crippen molar-refractivity contribution >= 4 is 5.69 Å². The van der Waals surface area contributed by atoms with E-state index in [4.69, 9.17) is 0 Å². The highest BCUT2D eigenvalue weighted by Gasteiger charge is 2.05. The highest BCUT2D eigenvalue weighted by Crippen LogP contribution is 2.17. The standard InChI is InChI=1S/C12H12FN3/c1-9(10-2-4-11(13)5-3-10)16-12-6-14-8-15-7-12/h2-9,16H,1H3. The van der Waals surface area contributed by atoms with Crippen LogP contribution in [0.2, 0.25) is 0 Å². The maximum absolute atomic E-state index is 12.7.